The van der Waals surface area contributed by atoms with E-state index in [1.807, 2.05) is 6.07 Å². The van der Waals surface area contributed by atoms with Crippen molar-refractivity contribution in [2.24, 2.45) is 0 Å². The van der Waals surface area contributed by atoms with Gasteiger partial charge in [0, 0.05) is 6.42 Å². The molecule has 0 spiro atoms. The van der Waals surface area contributed by atoms with Crippen molar-refractivity contribution < 1.29 is 9.13 Å². The maximum absolute atomic E-state index is 12.9. The Hall–Kier alpha value is -2.34. The highest BCUT2D eigenvalue weighted by Crippen LogP contribution is 2.18. The molecule has 0 unspecified atom stereocenters. The Bertz CT molecular complexity index is 557. The van der Waals surface area contributed by atoms with Crippen LogP contribution < -0.4 is 4.74 Å². The molecule has 0 atom stereocenters. The fourth-order valence-corrected chi connectivity index (χ4v) is 1.60. The van der Waals surface area contributed by atoms with Gasteiger partial charge in [-0.15, -0.1) is 0 Å². The molecule has 2 rings (SSSR count). The smallest absolute Gasteiger partial charge is 0.187 e. The highest BCUT2D eigenvalue weighted by Gasteiger charge is 1.97. The number of nitrogens with zero attached hydrogens (tertiary/aromatic N) is 1. The van der Waals surface area contributed by atoms with Crippen LogP contribution in [0.15, 0.2) is 48.5 Å². The van der Waals surface area contributed by atoms with Crippen molar-refractivity contribution in [3.8, 4) is 5.75 Å². The summed E-state index contributed by atoms with van der Waals surface area (Å²) in [7, 11) is 0. The van der Waals surface area contributed by atoms with Crippen molar-refractivity contribution in [3.63, 3.8) is 0 Å². The van der Waals surface area contributed by atoms with Gasteiger partial charge in [0.15, 0.2) is 5.69 Å². The van der Waals surface area contributed by atoms with E-state index in [0.29, 0.717) is 18.7 Å². The number of halogens is 1. The Morgan fingerprint density at radius 2 is 1.89 bits per heavy atom. The summed E-state index contributed by atoms with van der Waals surface area (Å²) in [4.78, 5) is 3.30. The summed E-state index contributed by atoms with van der Waals surface area (Å²) < 4.78 is 18.5. The summed E-state index contributed by atoms with van der Waals surface area (Å²) >= 11 is 0. The van der Waals surface area contributed by atoms with E-state index in [9.17, 15) is 4.39 Å². The minimum absolute atomic E-state index is 0.228. The van der Waals surface area contributed by atoms with E-state index in [2.05, 4.69) is 4.85 Å². The van der Waals surface area contributed by atoms with Crippen LogP contribution in [-0.4, -0.2) is 6.61 Å². The first-order valence-corrected chi connectivity index (χ1v) is 5.63. The highest BCUT2D eigenvalue weighted by molar-refractivity contribution is 5.46. The molecule has 0 N–H and O–H groups in total. The zero-order chi connectivity index (χ0) is 12.8. The second-order valence-corrected chi connectivity index (χ2v) is 3.83. The fraction of sp³-hybridized carbons (Fsp3) is 0.133. The first kappa shape index (κ1) is 12.1. The third-order valence-electron chi connectivity index (χ3n) is 2.51. The lowest BCUT2D eigenvalue weighted by atomic mass is 10.1. The maximum atomic E-state index is 12.9. The van der Waals surface area contributed by atoms with Gasteiger partial charge in [-0.25, -0.2) is 9.24 Å². The number of rotatable bonds is 4. The van der Waals surface area contributed by atoms with Crippen LogP contribution in [0.5, 0.6) is 5.75 Å². The molecule has 2 aromatic rings. The average Bonchev–Trinajstić information content (AvgIpc) is 2.40. The van der Waals surface area contributed by atoms with Crippen molar-refractivity contribution in [1.29, 1.82) is 0 Å². The van der Waals surface area contributed by atoms with Crippen molar-refractivity contribution in [3.05, 3.63) is 71.3 Å². The summed E-state index contributed by atoms with van der Waals surface area (Å²) in [6.07, 6.45) is 0.655. The lowest BCUT2D eigenvalue weighted by Gasteiger charge is -2.06. The van der Waals surface area contributed by atoms with Gasteiger partial charge in [0.1, 0.15) is 11.6 Å². The van der Waals surface area contributed by atoms with Gasteiger partial charge in [-0.2, -0.15) is 0 Å². The zero-order valence-corrected chi connectivity index (χ0v) is 9.77. The van der Waals surface area contributed by atoms with Crippen molar-refractivity contribution in [1.82, 2.24) is 0 Å². The molecule has 18 heavy (non-hydrogen) atoms. The van der Waals surface area contributed by atoms with Crippen LogP contribution in [0.4, 0.5) is 10.1 Å². The van der Waals surface area contributed by atoms with Crippen molar-refractivity contribution >= 4 is 5.69 Å². The standard InChI is InChI=1S/C15H12FNO/c1-17-14-5-7-15(8-6-14)18-10-9-12-3-2-4-13(16)11-12/h2-8,11H,9-10H2. The van der Waals surface area contributed by atoms with E-state index >= 15 is 0 Å². The molecule has 0 aliphatic carbocycles. The van der Waals surface area contributed by atoms with Crippen LogP contribution in [0.3, 0.4) is 0 Å². The summed E-state index contributed by atoms with van der Waals surface area (Å²) in [6.45, 7) is 7.32. The second-order valence-electron chi connectivity index (χ2n) is 3.83. The molecular formula is C15H12FNO. The van der Waals surface area contributed by atoms with Gasteiger partial charge in [0.25, 0.3) is 0 Å². The third-order valence-corrected chi connectivity index (χ3v) is 2.51. The predicted octanol–water partition coefficient (Wildman–Crippen LogP) is 4.00. The molecule has 0 radical (unpaired) electrons. The number of hydrogen-bond acceptors (Lipinski definition) is 1. The Labute approximate surface area is 105 Å². The molecule has 0 heterocycles. The van der Waals surface area contributed by atoms with E-state index in [1.54, 1.807) is 30.3 Å². The Kier molecular flexibility index (Phi) is 3.93. The Morgan fingerprint density at radius 3 is 2.56 bits per heavy atom. The highest BCUT2D eigenvalue weighted by atomic mass is 19.1. The maximum Gasteiger partial charge on any atom is 0.187 e. The van der Waals surface area contributed by atoms with Gasteiger partial charge >= 0.3 is 0 Å². The van der Waals surface area contributed by atoms with Crippen molar-refractivity contribution in [2.45, 2.75) is 6.42 Å². The van der Waals surface area contributed by atoms with Gasteiger partial charge in [0.05, 0.1) is 13.2 Å². The van der Waals surface area contributed by atoms with Gasteiger partial charge < -0.3 is 4.74 Å². The van der Waals surface area contributed by atoms with Crippen LogP contribution in [0, 0.1) is 12.4 Å². The van der Waals surface area contributed by atoms with Crippen LogP contribution >= 0.6 is 0 Å². The largest absolute Gasteiger partial charge is 0.493 e. The van der Waals surface area contributed by atoms with E-state index in [4.69, 9.17) is 11.3 Å². The predicted molar refractivity (Wildman–Crippen MR) is 68.3 cm³/mol. The quantitative estimate of drug-likeness (QED) is 0.738. The average molecular weight is 241 g/mol. The van der Waals surface area contributed by atoms with Gasteiger partial charge in [0.2, 0.25) is 0 Å². The van der Waals surface area contributed by atoms with Gasteiger partial charge in [-0.05, 0) is 29.8 Å². The summed E-state index contributed by atoms with van der Waals surface area (Å²) in [5, 5.41) is 0. The molecule has 0 bridgehead atoms. The molecule has 0 amide bonds. The Morgan fingerprint density at radius 1 is 1.11 bits per heavy atom. The lowest BCUT2D eigenvalue weighted by molar-refractivity contribution is 0.322. The first-order valence-electron chi connectivity index (χ1n) is 5.63. The topological polar surface area (TPSA) is 13.6 Å². The minimum Gasteiger partial charge on any atom is -0.493 e. The molecule has 2 aromatic carbocycles. The SMILES string of the molecule is [C-]#[N+]c1ccc(OCCc2cccc(F)c2)cc1. The molecule has 0 fully saturated rings. The van der Waals surface area contributed by atoms with Crippen LogP contribution in [0.1, 0.15) is 5.56 Å². The molecule has 0 saturated heterocycles. The molecule has 90 valence electrons. The fourth-order valence-electron chi connectivity index (χ4n) is 1.60. The summed E-state index contributed by atoms with van der Waals surface area (Å²) in [6, 6.07) is 13.4. The molecule has 0 aromatic heterocycles. The summed E-state index contributed by atoms with van der Waals surface area (Å²) in [5.74, 6) is 0.493. The van der Waals surface area contributed by atoms with E-state index in [0.717, 1.165) is 11.3 Å². The van der Waals surface area contributed by atoms with Crippen LogP contribution in [-0.2, 0) is 6.42 Å². The molecule has 3 heteroatoms. The normalized spacial score (nSPS) is 9.78. The van der Waals surface area contributed by atoms with E-state index in [-0.39, 0.29) is 5.82 Å². The van der Waals surface area contributed by atoms with Crippen LogP contribution in [0.2, 0.25) is 0 Å². The van der Waals surface area contributed by atoms with Gasteiger partial charge in [-0.3, -0.25) is 0 Å². The van der Waals surface area contributed by atoms with E-state index in [1.165, 1.54) is 12.1 Å². The van der Waals surface area contributed by atoms with Gasteiger partial charge in [-0.1, -0.05) is 24.3 Å². The second kappa shape index (κ2) is 5.83. The first-order chi connectivity index (χ1) is 8.78. The molecule has 0 aliphatic heterocycles. The number of hydrogen-bond donors (Lipinski definition) is 0. The summed E-state index contributed by atoms with van der Waals surface area (Å²) in [5.41, 5.74) is 1.50. The molecule has 0 aliphatic rings. The molecule has 2 nitrogen and oxygen atoms in total. The lowest BCUT2D eigenvalue weighted by Crippen LogP contribution is -2.01. The molecular weight excluding hydrogens is 229 g/mol. The van der Waals surface area contributed by atoms with E-state index < -0.39 is 0 Å². The Balaban J connectivity index is 1.86. The number of ether oxygens (including phenoxy) is 1. The van der Waals surface area contributed by atoms with Crippen molar-refractivity contribution in [2.75, 3.05) is 6.61 Å². The minimum atomic E-state index is -0.228. The third kappa shape index (κ3) is 3.33. The number of benzene rings is 2. The van der Waals surface area contributed by atoms with Crippen LogP contribution in [0.25, 0.3) is 4.85 Å². The monoisotopic (exact) mass is 241 g/mol. The zero-order valence-electron chi connectivity index (χ0n) is 9.77. The molecule has 0 saturated carbocycles.